The van der Waals surface area contributed by atoms with Crippen LogP contribution in [0.3, 0.4) is 0 Å². The highest BCUT2D eigenvalue weighted by atomic mass is 16.6. The van der Waals surface area contributed by atoms with Gasteiger partial charge in [0.1, 0.15) is 36.1 Å². The molecule has 3 aliphatic carbocycles. The Labute approximate surface area is 375 Å². The molecule has 1 aliphatic heterocycles. The minimum absolute atomic E-state index is 0.0496. The molecule has 2 bridgehead atoms. The number of amides is 1. The molecule has 2 aromatic carbocycles. The number of ketones is 1. The standard InChI is InChI=1S/C47H56N4O14/c1-9-24(3)42(58)49-37(27-15-12-11-13-16-27)30(53)20-35(55)62-31-22-47(60)41(64-43(59)28-17-14-18-29(19-28)50-51-48)39-45(8,40(57)38(56)36(25(31)4)44(47,6)7)32(63-34(54)10-2)21-33-46(39,23-61-33)65-26(5)52/h9,11-19,30-33,37-39,41,53,56,60H,10,20-23H2,1-8H3,(H,49,58)/b24-9+/t30-,31-,32-,33+,37-,38+,39?,41-,45+,46-,47+/m0/s1. The summed E-state index contributed by atoms with van der Waals surface area (Å²) in [4.78, 5) is 86.0. The summed E-state index contributed by atoms with van der Waals surface area (Å²) >= 11 is 0. The monoisotopic (exact) mass is 900 g/mol. The van der Waals surface area contributed by atoms with Crippen molar-refractivity contribution in [2.75, 3.05) is 6.61 Å². The van der Waals surface area contributed by atoms with E-state index in [1.807, 2.05) is 0 Å². The molecule has 0 spiro atoms. The van der Waals surface area contributed by atoms with E-state index in [0.29, 0.717) is 11.1 Å². The molecule has 1 amide bonds. The van der Waals surface area contributed by atoms with Crippen LogP contribution in [0.25, 0.3) is 10.4 Å². The van der Waals surface area contributed by atoms with Gasteiger partial charge in [-0.3, -0.25) is 24.0 Å². The number of fused-ring (bicyclic) bond motifs is 5. The lowest BCUT2D eigenvalue weighted by atomic mass is 9.44. The third-order valence-electron chi connectivity index (χ3n) is 14.0. The van der Waals surface area contributed by atoms with Gasteiger partial charge in [0.25, 0.3) is 0 Å². The molecule has 6 rings (SSSR count). The number of carbonyl (C=O) groups excluding carboxylic acids is 6. The Balaban J connectivity index is 1.51. The summed E-state index contributed by atoms with van der Waals surface area (Å²) in [7, 11) is 0. The van der Waals surface area contributed by atoms with Crippen LogP contribution in [0, 0.1) is 16.7 Å². The molecule has 1 heterocycles. The molecule has 18 heteroatoms. The molecule has 65 heavy (non-hydrogen) atoms. The first-order valence-electron chi connectivity index (χ1n) is 21.5. The first kappa shape index (κ1) is 48.5. The minimum Gasteiger partial charge on any atom is -0.461 e. The lowest BCUT2D eigenvalue weighted by Crippen LogP contribution is -2.82. The van der Waals surface area contributed by atoms with Crippen LogP contribution in [0.2, 0.25) is 0 Å². The van der Waals surface area contributed by atoms with E-state index in [1.54, 1.807) is 57.2 Å². The number of allylic oxidation sites excluding steroid dienone is 1. The highest BCUT2D eigenvalue weighted by Crippen LogP contribution is 2.64. The molecular weight excluding hydrogens is 845 g/mol. The van der Waals surface area contributed by atoms with Crippen molar-refractivity contribution in [2.24, 2.45) is 21.9 Å². The molecular formula is C47H56N4O14. The highest BCUT2D eigenvalue weighted by Gasteiger charge is 2.78. The van der Waals surface area contributed by atoms with E-state index in [0.717, 1.165) is 6.92 Å². The summed E-state index contributed by atoms with van der Waals surface area (Å²) in [5, 5.41) is 44.1. The maximum absolute atomic E-state index is 15.4. The van der Waals surface area contributed by atoms with E-state index in [4.69, 9.17) is 29.2 Å². The minimum atomic E-state index is -2.43. The van der Waals surface area contributed by atoms with Gasteiger partial charge in [-0.05, 0) is 62.1 Å². The molecule has 18 nitrogen and oxygen atoms in total. The van der Waals surface area contributed by atoms with Crippen molar-refractivity contribution in [3.05, 3.63) is 99.0 Å². The van der Waals surface area contributed by atoms with Crippen molar-refractivity contribution in [1.29, 1.82) is 0 Å². The zero-order chi connectivity index (χ0) is 47.8. The number of aliphatic hydroxyl groups excluding tert-OH is 2. The molecule has 0 radical (unpaired) electrons. The Morgan fingerprint density at radius 2 is 1.72 bits per heavy atom. The number of Topliss-reactive ketones (excluding diaryl/α,β-unsaturated/α-hetero) is 1. The molecule has 4 aliphatic rings. The molecule has 11 atom stereocenters. The van der Waals surface area contributed by atoms with Crippen LogP contribution >= 0.6 is 0 Å². The van der Waals surface area contributed by atoms with E-state index in [1.165, 1.54) is 52.0 Å². The predicted molar refractivity (Wildman–Crippen MR) is 229 cm³/mol. The summed E-state index contributed by atoms with van der Waals surface area (Å²) in [6.07, 6.45) is -9.26. The number of esters is 4. The van der Waals surface area contributed by atoms with Crippen LogP contribution in [0.15, 0.2) is 82.5 Å². The normalized spacial score (nSPS) is 31.1. The Morgan fingerprint density at radius 1 is 1.03 bits per heavy atom. The number of aliphatic hydroxyl groups is 3. The third-order valence-corrected chi connectivity index (χ3v) is 14.0. The average molecular weight is 901 g/mol. The van der Waals surface area contributed by atoms with Gasteiger partial charge in [0.15, 0.2) is 11.4 Å². The van der Waals surface area contributed by atoms with Gasteiger partial charge < -0.3 is 44.3 Å². The number of benzene rings is 2. The Hall–Kier alpha value is -5.91. The van der Waals surface area contributed by atoms with Gasteiger partial charge in [0.05, 0.1) is 42.1 Å². The van der Waals surface area contributed by atoms with E-state index in [-0.39, 0.29) is 41.8 Å². The number of nitrogens with one attached hydrogen (secondary N) is 1. The second-order valence-electron chi connectivity index (χ2n) is 17.9. The van der Waals surface area contributed by atoms with Crippen LogP contribution in [0.4, 0.5) is 5.69 Å². The van der Waals surface area contributed by atoms with Crippen LogP contribution in [0.5, 0.6) is 0 Å². The number of rotatable bonds is 13. The van der Waals surface area contributed by atoms with Crippen LogP contribution in [-0.2, 0) is 47.7 Å². The second-order valence-corrected chi connectivity index (χ2v) is 17.9. The fourth-order valence-electron chi connectivity index (χ4n) is 10.3. The highest BCUT2D eigenvalue weighted by molar-refractivity contribution is 5.95. The van der Waals surface area contributed by atoms with Gasteiger partial charge >= 0.3 is 23.9 Å². The van der Waals surface area contributed by atoms with E-state index < -0.39 is 119 Å². The maximum atomic E-state index is 15.4. The summed E-state index contributed by atoms with van der Waals surface area (Å²) in [6.45, 7) is 11.6. The molecule has 0 aromatic heterocycles. The molecule has 348 valence electrons. The fourth-order valence-corrected chi connectivity index (χ4v) is 10.3. The van der Waals surface area contributed by atoms with Gasteiger partial charge in [0.2, 0.25) is 5.91 Å². The van der Waals surface area contributed by atoms with E-state index in [2.05, 4.69) is 15.3 Å². The quantitative estimate of drug-likeness (QED) is 0.0387. The van der Waals surface area contributed by atoms with Crippen molar-refractivity contribution in [2.45, 2.75) is 135 Å². The second kappa shape index (κ2) is 18.5. The molecule has 4 N–H and O–H groups in total. The van der Waals surface area contributed by atoms with Gasteiger partial charge in [-0.15, -0.1) is 0 Å². The van der Waals surface area contributed by atoms with E-state index >= 15 is 4.79 Å². The summed E-state index contributed by atoms with van der Waals surface area (Å²) in [5.41, 5.74) is 1.98. The largest absolute Gasteiger partial charge is 0.461 e. The van der Waals surface area contributed by atoms with Gasteiger partial charge in [-0.2, -0.15) is 0 Å². The first-order valence-corrected chi connectivity index (χ1v) is 21.5. The molecule has 1 unspecified atom stereocenters. The number of hydrogen-bond acceptors (Lipinski definition) is 15. The lowest BCUT2D eigenvalue weighted by Gasteiger charge is -2.67. The smallest absolute Gasteiger partial charge is 0.338 e. The average Bonchev–Trinajstić information content (AvgIpc) is 3.26. The van der Waals surface area contributed by atoms with Gasteiger partial charge in [0, 0.05) is 47.8 Å². The van der Waals surface area contributed by atoms with Crippen molar-refractivity contribution in [3.8, 4) is 0 Å². The molecule has 2 saturated carbocycles. The van der Waals surface area contributed by atoms with Crippen molar-refractivity contribution in [1.82, 2.24) is 5.32 Å². The van der Waals surface area contributed by atoms with E-state index in [9.17, 15) is 39.3 Å². The zero-order valence-electron chi connectivity index (χ0n) is 37.6. The lowest BCUT2D eigenvalue weighted by molar-refractivity contribution is -0.346. The Kier molecular flexibility index (Phi) is 13.8. The van der Waals surface area contributed by atoms with Gasteiger partial charge in [-0.1, -0.05) is 74.4 Å². The maximum Gasteiger partial charge on any atom is 0.338 e. The molecule has 2 aromatic rings. The van der Waals surface area contributed by atoms with Crippen LogP contribution in [-0.4, -0.2) is 105 Å². The summed E-state index contributed by atoms with van der Waals surface area (Å²) < 4.78 is 30.5. The van der Waals surface area contributed by atoms with Crippen molar-refractivity contribution in [3.63, 3.8) is 0 Å². The number of carbonyl (C=O) groups is 6. The Bertz CT molecular complexity index is 2360. The predicted octanol–water partition coefficient (Wildman–Crippen LogP) is 5.11. The SMILES string of the molecule is C/C=C(\C)C(=O)N[C@@H](c1ccccc1)[C@@H](O)CC(=O)O[C@H]1C[C@@]2(O)[C@@H](OC(=O)c3cccc(N=[N+]=[N-])c3)C3[C@](C)(C(=O)[C@H](O)C(=C1C)C2(C)C)[C@@H](OC(=O)CC)C[C@H]1OC[C@@]31OC(C)=O. The zero-order valence-corrected chi connectivity index (χ0v) is 37.6. The third kappa shape index (κ3) is 8.56. The van der Waals surface area contributed by atoms with Crippen LogP contribution in [0.1, 0.15) is 103 Å². The number of ether oxygens (including phenoxy) is 5. The first-order chi connectivity index (χ1) is 30.6. The topological polar surface area (TPSA) is 270 Å². The summed E-state index contributed by atoms with van der Waals surface area (Å²) in [5.74, 6) is -6.59. The van der Waals surface area contributed by atoms with Crippen molar-refractivity contribution < 1.29 is 67.8 Å². The van der Waals surface area contributed by atoms with Gasteiger partial charge in [-0.25, -0.2) is 4.79 Å². The van der Waals surface area contributed by atoms with Crippen molar-refractivity contribution >= 4 is 41.3 Å². The fraction of sp³-hybridized carbons (Fsp3) is 0.532. The number of nitrogens with zero attached hydrogens (tertiary/aromatic N) is 3. The number of azide groups is 1. The Morgan fingerprint density at radius 3 is 2.32 bits per heavy atom. The van der Waals surface area contributed by atoms with Crippen LogP contribution < -0.4 is 5.32 Å². The molecule has 1 saturated heterocycles. The molecule has 3 fully saturated rings. The summed E-state index contributed by atoms with van der Waals surface area (Å²) in [6, 6.07) is 12.9. The number of hydrogen-bond donors (Lipinski definition) is 4.